The average Bonchev–Trinajstić information content (AvgIpc) is 2.30. The summed E-state index contributed by atoms with van der Waals surface area (Å²) in [4.78, 5) is 24.4. The third kappa shape index (κ3) is 1.54. The quantitative estimate of drug-likeness (QED) is 0.569. The summed E-state index contributed by atoms with van der Waals surface area (Å²) in [6, 6.07) is 0.399. The number of esters is 1. The molecule has 0 spiro atoms. The number of piperidine rings is 1. The minimum absolute atomic E-state index is 0.0750. The van der Waals surface area contributed by atoms with Gasteiger partial charge in [0.25, 0.3) is 0 Å². The van der Waals surface area contributed by atoms with E-state index in [0.717, 1.165) is 6.42 Å². The predicted octanol–water partition coefficient (Wildman–Crippen LogP) is 0.354. The molecular weight excluding hydrogens is 182 g/mol. The summed E-state index contributed by atoms with van der Waals surface area (Å²) in [5.41, 5.74) is 0. The number of hydrogen-bond donors (Lipinski definition) is 0. The second-order valence-electron chi connectivity index (χ2n) is 4.22. The van der Waals surface area contributed by atoms with Crippen LogP contribution in [0.1, 0.15) is 26.2 Å². The molecule has 0 aromatic heterocycles. The molecule has 2 heterocycles. The van der Waals surface area contributed by atoms with Crippen molar-refractivity contribution in [2.45, 2.75) is 44.4 Å². The molecule has 0 unspecified atom stereocenters. The molecule has 2 rings (SSSR count). The van der Waals surface area contributed by atoms with E-state index in [1.807, 2.05) is 7.05 Å². The van der Waals surface area contributed by atoms with E-state index in [-0.39, 0.29) is 24.2 Å². The van der Waals surface area contributed by atoms with Crippen LogP contribution in [-0.4, -0.2) is 41.9 Å². The van der Waals surface area contributed by atoms with Crippen LogP contribution in [0.15, 0.2) is 0 Å². The van der Waals surface area contributed by atoms with Gasteiger partial charge in [-0.2, -0.15) is 0 Å². The molecule has 0 aromatic carbocycles. The Hall–Kier alpha value is -0.900. The van der Waals surface area contributed by atoms with Crippen molar-refractivity contribution in [3.8, 4) is 0 Å². The monoisotopic (exact) mass is 197 g/mol. The van der Waals surface area contributed by atoms with Gasteiger partial charge in [-0.05, 0) is 7.05 Å². The molecule has 2 saturated heterocycles. The van der Waals surface area contributed by atoms with Gasteiger partial charge in [0.15, 0.2) is 0 Å². The van der Waals surface area contributed by atoms with Crippen LogP contribution in [0.3, 0.4) is 0 Å². The molecule has 2 fully saturated rings. The molecule has 0 radical (unpaired) electrons. The van der Waals surface area contributed by atoms with E-state index in [1.54, 1.807) is 0 Å². The zero-order chi connectivity index (χ0) is 10.3. The van der Waals surface area contributed by atoms with Gasteiger partial charge in [-0.3, -0.25) is 14.5 Å². The zero-order valence-electron chi connectivity index (χ0n) is 8.53. The Bertz CT molecular complexity index is 277. The van der Waals surface area contributed by atoms with E-state index < -0.39 is 0 Å². The second-order valence-corrected chi connectivity index (χ2v) is 4.22. The molecule has 2 aliphatic heterocycles. The topological polar surface area (TPSA) is 46.6 Å². The molecule has 0 N–H and O–H groups in total. The Balaban J connectivity index is 2.09. The van der Waals surface area contributed by atoms with E-state index in [1.165, 1.54) is 6.92 Å². The van der Waals surface area contributed by atoms with Crippen molar-refractivity contribution in [3.63, 3.8) is 0 Å². The molecule has 0 saturated carbocycles. The minimum atomic E-state index is -0.247. The van der Waals surface area contributed by atoms with Gasteiger partial charge in [-0.25, -0.2) is 0 Å². The van der Waals surface area contributed by atoms with Crippen molar-refractivity contribution in [1.29, 1.82) is 0 Å². The number of carbonyl (C=O) groups is 2. The van der Waals surface area contributed by atoms with Gasteiger partial charge in [0.1, 0.15) is 11.9 Å². The molecular formula is C10H15NO3. The lowest BCUT2D eigenvalue weighted by Gasteiger charge is -2.30. The maximum atomic E-state index is 11.3. The molecule has 2 aliphatic rings. The predicted molar refractivity (Wildman–Crippen MR) is 49.8 cm³/mol. The van der Waals surface area contributed by atoms with Gasteiger partial charge in [0, 0.05) is 32.2 Å². The maximum Gasteiger partial charge on any atom is 0.302 e. The van der Waals surface area contributed by atoms with Gasteiger partial charge in [-0.1, -0.05) is 0 Å². The first-order valence-electron chi connectivity index (χ1n) is 4.99. The van der Waals surface area contributed by atoms with Crippen molar-refractivity contribution >= 4 is 11.8 Å². The lowest BCUT2D eigenvalue weighted by atomic mass is 10.0. The Morgan fingerprint density at radius 3 is 2.86 bits per heavy atom. The van der Waals surface area contributed by atoms with Crippen LogP contribution >= 0.6 is 0 Å². The van der Waals surface area contributed by atoms with Crippen molar-refractivity contribution in [2.24, 2.45) is 0 Å². The summed E-state index contributed by atoms with van der Waals surface area (Å²) < 4.78 is 5.21. The zero-order valence-corrected chi connectivity index (χ0v) is 8.53. The SMILES string of the molecule is CC(=O)O[C@@H]1C[C@H]2CC(=O)C[C@H]1N2C. The van der Waals surface area contributed by atoms with Crippen LogP contribution < -0.4 is 0 Å². The molecule has 0 amide bonds. The highest BCUT2D eigenvalue weighted by Gasteiger charge is 2.45. The van der Waals surface area contributed by atoms with E-state index in [2.05, 4.69) is 4.90 Å². The standard InChI is InChI=1S/C10H15NO3/c1-6(12)14-10-4-7-3-8(13)5-9(10)11(7)2/h7,9-10H,3-5H2,1-2H3/t7-,9-,10-/m1/s1. The van der Waals surface area contributed by atoms with E-state index in [4.69, 9.17) is 4.74 Å². The molecule has 3 atom stereocenters. The number of likely N-dealkylation sites (N-methyl/N-ethyl adjacent to an activating group) is 1. The highest BCUT2D eigenvalue weighted by molar-refractivity contribution is 5.81. The van der Waals surface area contributed by atoms with Crippen LogP contribution in [-0.2, 0) is 14.3 Å². The first-order chi connectivity index (χ1) is 6.58. The van der Waals surface area contributed by atoms with Crippen molar-refractivity contribution < 1.29 is 14.3 Å². The molecule has 0 aromatic rings. The Labute approximate surface area is 83.2 Å². The van der Waals surface area contributed by atoms with Gasteiger partial charge in [0.2, 0.25) is 0 Å². The summed E-state index contributed by atoms with van der Waals surface area (Å²) in [6.45, 7) is 1.42. The van der Waals surface area contributed by atoms with Crippen LogP contribution in [0.4, 0.5) is 0 Å². The fraction of sp³-hybridized carbons (Fsp3) is 0.800. The number of ether oxygens (including phenoxy) is 1. The minimum Gasteiger partial charge on any atom is -0.461 e. The van der Waals surface area contributed by atoms with Gasteiger partial charge < -0.3 is 4.74 Å². The van der Waals surface area contributed by atoms with Crippen LogP contribution in [0, 0.1) is 0 Å². The van der Waals surface area contributed by atoms with Crippen molar-refractivity contribution in [2.75, 3.05) is 7.05 Å². The lowest BCUT2D eigenvalue weighted by Crippen LogP contribution is -2.43. The van der Waals surface area contributed by atoms with E-state index in [9.17, 15) is 9.59 Å². The summed E-state index contributed by atoms with van der Waals surface area (Å²) in [5.74, 6) is 0.0520. The molecule has 4 heteroatoms. The highest BCUT2D eigenvalue weighted by atomic mass is 16.5. The fourth-order valence-electron chi connectivity index (χ4n) is 2.55. The van der Waals surface area contributed by atoms with E-state index >= 15 is 0 Å². The largest absolute Gasteiger partial charge is 0.461 e. The fourth-order valence-corrected chi connectivity index (χ4v) is 2.55. The summed E-state index contributed by atoms with van der Waals surface area (Å²) in [6.07, 6.45) is 1.89. The third-order valence-electron chi connectivity index (χ3n) is 3.25. The van der Waals surface area contributed by atoms with E-state index in [0.29, 0.717) is 18.6 Å². The van der Waals surface area contributed by atoms with Crippen LogP contribution in [0.25, 0.3) is 0 Å². The molecule has 78 valence electrons. The Morgan fingerprint density at radius 1 is 1.50 bits per heavy atom. The van der Waals surface area contributed by atoms with Crippen LogP contribution in [0.5, 0.6) is 0 Å². The number of carbonyl (C=O) groups excluding carboxylic acids is 2. The molecule has 14 heavy (non-hydrogen) atoms. The number of Topliss-reactive ketones (excluding diaryl/α,β-unsaturated/α-hetero) is 1. The Kier molecular flexibility index (Phi) is 2.31. The van der Waals surface area contributed by atoms with Crippen LogP contribution in [0.2, 0.25) is 0 Å². The third-order valence-corrected chi connectivity index (χ3v) is 3.25. The number of fused-ring (bicyclic) bond motifs is 2. The number of ketones is 1. The smallest absolute Gasteiger partial charge is 0.302 e. The second kappa shape index (κ2) is 3.35. The van der Waals surface area contributed by atoms with Gasteiger partial charge in [-0.15, -0.1) is 0 Å². The first-order valence-corrected chi connectivity index (χ1v) is 4.99. The molecule has 0 aliphatic carbocycles. The summed E-state index contributed by atoms with van der Waals surface area (Å²) in [7, 11) is 2.01. The summed E-state index contributed by atoms with van der Waals surface area (Å²) >= 11 is 0. The van der Waals surface area contributed by atoms with Gasteiger partial charge in [0.05, 0.1) is 6.04 Å². The lowest BCUT2D eigenvalue weighted by molar-refractivity contribution is -0.148. The first kappa shape index (κ1) is 9.65. The number of rotatable bonds is 1. The van der Waals surface area contributed by atoms with Crippen molar-refractivity contribution in [3.05, 3.63) is 0 Å². The normalized spacial score (nSPS) is 37.3. The number of hydrogen-bond acceptors (Lipinski definition) is 4. The maximum absolute atomic E-state index is 11.3. The number of nitrogens with zero attached hydrogens (tertiary/aromatic N) is 1. The summed E-state index contributed by atoms with van der Waals surface area (Å²) in [5, 5.41) is 0. The highest BCUT2D eigenvalue weighted by Crippen LogP contribution is 2.34. The molecule has 2 bridgehead atoms. The van der Waals surface area contributed by atoms with Crippen molar-refractivity contribution in [1.82, 2.24) is 4.90 Å². The Morgan fingerprint density at radius 2 is 2.21 bits per heavy atom. The molecule has 4 nitrogen and oxygen atoms in total. The van der Waals surface area contributed by atoms with Gasteiger partial charge >= 0.3 is 5.97 Å². The average molecular weight is 197 g/mol.